The van der Waals surface area contributed by atoms with Gasteiger partial charge < -0.3 is 24.3 Å². The van der Waals surface area contributed by atoms with E-state index in [-0.39, 0.29) is 17.9 Å². The largest absolute Gasteiger partial charge is 0.462 e. The Kier molecular flexibility index (Phi) is 6.60. The van der Waals surface area contributed by atoms with Gasteiger partial charge in [0.15, 0.2) is 11.3 Å². The molecular formula is C24H30N4O4. The van der Waals surface area contributed by atoms with Crippen LogP contribution in [-0.4, -0.2) is 70.3 Å². The van der Waals surface area contributed by atoms with Gasteiger partial charge in [0, 0.05) is 42.5 Å². The van der Waals surface area contributed by atoms with Crippen LogP contribution in [0.25, 0.3) is 17.1 Å². The zero-order valence-corrected chi connectivity index (χ0v) is 18.9. The number of esters is 1. The Labute approximate surface area is 187 Å². The zero-order chi connectivity index (χ0) is 22.7. The Bertz CT molecular complexity index is 1060. The first-order valence-electron chi connectivity index (χ1n) is 11.3. The maximum atomic E-state index is 13.2. The molecule has 8 nitrogen and oxygen atoms in total. The number of aromatic amines is 1. The molecule has 0 saturated carbocycles. The summed E-state index contributed by atoms with van der Waals surface area (Å²) in [5.74, 6) is -0.640. The molecule has 2 aliphatic rings. The number of fused-ring (bicyclic) bond motifs is 1. The van der Waals surface area contributed by atoms with Crippen molar-refractivity contribution < 1.29 is 19.1 Å². The summed E-state index contributed by atoms with van der Waals surface area (Å²) in [4.78, 5) is 37.7. The SMILES string of the molecule is CCOC(=O)C1=C(N2CCC(N(CC)CC)CC2)O/C(=C\c2c[nH]c3ncccc23)C1=O. The van der Waals surface area contributed by atoms with Crippen LogP contribution < -0.4 is 0 Å². The van der Waals surface area contributed by atoms with Crippen molar-refractivity contribution in [1.82, 2.24) is 19.8 Å². The number of piperidine rings is 1. The Morgan fingerprint density at radius 1 is 1.31 bits per heavy atom. The second kappa shape index (κ2) is 9.56. The highest BCUT2D eigenvalue weighted by atomic mass is 16.5. The Balaban J connectivity index is 1.60. The van der Waals surface area contributed by atoms with Crippen LogP contribution in [-0.2, 0) is 19.1 Å². The molecule has 0 amide bonds. The van der Waals surface area contributed by atoms with Crippen LogP contribution in [0.15, 0.2) is 41.7 Å². The van der Waals surface area contributed by atoms with Crippen molar-refractivity contribution in [3.63, 3.8) is 0 Å². The first-order valence-corrected chi connectivity index (χ1v) is 11.3. The lowest BCUT2D eigenvalue weighted by molar-refractivity contribution is -0.139. The molecule has 1 fully saturated rings. The molecule has 170 valence electrons. The van der Waals surface area contributed by atoms with Crippen molar-refractivity contribution in [2.45, 2.75) is 39.7 Å². The molecule has 32 heavy (non-hydrogen) atoms. The summed E-state index contributed by atoms with van der Waals surface area (Å²) in [6.45, 7) is 9.73. The fourth-order valence-electron chi connectivity index (χ4n) is 4.53. The summed E-state index contributed by atoms with van der Waals surface area (Å²) in [6, 6.07) is 4.26. The normalized spacial score (nSPS) is 18.8. The number of hydrogen-bond acceptors (Lipinski definition) is 7. The topological polar surface area (TPSA) is 87.8 Å². The maximum Gasteiger partial charge on any atom is 0.347 e. The van der Waals surface area contributed by atoms with E-state index in [1.165, 1.54) is 0 Å². The lowest BCUT2D eigenvalue weighted by Crippen LogP contribution is -2.44. The highest BCUT2D eigenvalue weighted by molar-refractivity contribution is 6.26. The fraction of sp³-hybridized carbons (Fsp3) is 0.458. The molecule has 0 atom stereocenters. The number of carbonyl (C=O) groups is 2. The van der Waals surface area contributed by atoms with Gasteiger partial charge in [-0.1, -0.05) is 13.8 Å². The summed E-state index contributed by atoms with van der Waals surface area (Å²) in [7, 11) is 0. The van der Waals surface area contributed by atoms with Gasteiger partial charge in [-0.15, -0.1) is 0 Å². The van der Waals surface area contributed by atoms with E-state index in [0.29, 0.717) is 11.9 Å². The van der Waals surface area contributed by atoms with E-state index in [1.807, 2.05) is 17.0 Å². The van der Waals surface area contributed by atoms with Crippen molar-refractivity contribution in [1.29, 1.82) is 0 Å². The first kappa shape index (κ1) is 22.1. The third-order valence-corrected chi connectivity index (χ3v) is 6.20. The molecule has 0 aliphatic carbocycles. The van der Waals surface area contributed by atoms with Crippen molar-refractivity contribution in [3.8, 4) is 0 Å². The highest BCUT2D eigenvalue weighted by Crippen LogP contribution is 2.33. The van der Waals surface area contributed by atoms with Gasteiger partial charge in [-0.25, -0.2) is 9.78 Å². The van der Waals surface area contributed by atoms with Crippen molar-refractivity contribution in [2.24, 2.45) is 0 Å². The van der Waals surface area contributed by atoms with Gasteiger partial charge in [0.2, 0.25) is 11.7 Å². The van der Waals surface area contributed by atoms with E-state index in [2.05, 4.69) is 28.7 Å². The van der Waals surface area contributed by atoms with E-state index in [1.54, 1.807) is 25.4 Å². The smallest absolute Gasteiger partial charge is 0.347 e. The van der Waals surface area contributed by atoms with Crippen LogP contribution in [0.1, 0.15) is 39.2 Å². The van der Waals surface area contributed by atoms with Crippen molar-refractivity contribution >= 4 is 28.9 Å². The Morgan fingerprint density at radius 3 is 2.75 bits per heavy atom. The predicted octanol–water partition coefficient (Wildman–Crippen LogP) is 3.08. The van der Waals surface area contributed by atoms with Gasteiger partial charge in [-0.2, -0.15) is 0 Å². The molecule has 2 aromatic rings. The molecule has 0 radical (unpaired) electrons. The molecule has 4 rings (SSSR count). The number of aromatic nitrogens is 2. The van der Waals surface area contributed by atoms with E-state index in [9.17, 15) is 9.59 Å². The van der Waals surface area contributed by atoms with E-state index in [4.69, 9.17) is 9.47 Å². The van der Waals surface area contributed by atoms with Crippen molar-refractivity contribution in [3.05, 3.63) is 47.3 Å². The Morgan fingerprint density at radius 2 is 2.06 bits per heavy atom. The average molecular weight is 439 g/mol. The average Bonchev–Trinajstić information content (AvgIpc) is 3.37. The molecule has 4 heterocycles. The lowest BCUT2D eigenvalue weighted by atomic mass is 10.0. The number of rotatable bonds is 7. The van der Waals surface area contributed by atoms with Gasteiger partial charge in [-0.3, -0.25) is 4.79 Å². The van der Waals surface area contributed by atoms with Gasteiger partial charge in [0.1, 0.15) is 5.65 Å². The standard InChI is InChI=1S/C24H30N4O4/c1-4-27(5-2)17-9-12-28(13-10-17)23-20(24(30)31-6-3)21(29)19(32-23)14-16-15-26-22-18(16)8-7-11-25-22/h7-8,11,14-15,17H,4-6,9-10,12-13H2,1-3H3,(H,25,26)/b19-14-. The summed E-state index contributed by atoms with van der Waals surface area (Å²) in [5.41, 5.74) is 1.49. The number of H-pyrrole nitrogens is 1. The fourth-order valence-corrected chi connectivity index (χ4v) is 4.53. The van der Waals surface area contributed by atoms with Crippen LogP contribution in [0.3, 0.4) is 0 Å². The number of hydrogen-bond donors (Lipinski definition) is 1. The number of carbonyl (C=O) groups excluding carboxylic acids is 2. The minimum Gasteiger partial charge on any atom is -0.462 e. The molecule has 2 aromatic heterocycles. The third-order valence-electron chi connectivity index (χ3n) is 6.20. The quantitative estimate of drug-likeness (QED) is 0.404. The summed E-state index contributed by atoms with van der Waals surface area (Å²) < 4.78 is 11.2. The molecule has 0 aromatic carbocycles. The molecule has 0 bridgehead atoms. The number of ether oxygens (including phenoxy) is 2. The summed E-state index contributed by atoms with van der Waals surface area (Å²) in [5, 5.41) is 0.877. The molecule has 0 spiro atoms. The number of likely N-dealkylation sites (tertiary alicyclic amines) is 1. The maximum absolute atomic E-state index is 13.2. The van der Waals surface area contributed by atoms with Crippen LogP contribution in [0.2, 0.25) is 0 Å². The number of nitrogens with one attached hydrogen (secondary N) is 1. The number of pyridine rings is 1. The first-order chi connectivity index (χ1) is 15.6. The minimum atomic E-state index is -0.637. The second-order valence-corrected chi connectivity index (χ2v) is 7.92. The molecule has 8 heteroatoms. The number of nitrogens with zero attached hydrogens (tertiary/aromatic N) is 3. The van der Waals surface area contributed by atoms with Gasteiger partial charge >= 0.3 is 5.97 Å². The second-order valence-electron chi connectivity index (χ2n) is 7.92. The van der Waals surface area contributed by atoms with Gasteiger partial charge in [-0.05, 0) is 51.1 Å². The van der Waals surface area contributed by atoms with Crippen LogP contribution in [0.5, 0.6) is 0 Å². The van der Waals surface area contributed by atoms with Gasteiger partial charge in [0.25, 0.3) is 0 Å². The highest BCUT2D eigenvalue weighted by Gasteiger charge is 2.40. The summed E-state index contributed by atoms with van der Waals surface area (Å²) >= 11 is 0. The van der Waals surface area contributed by atoms with Crippen molar-refractivity contribution in [2.75, 3.05) is 32.8 Å². The molecule has 1 N–H and O–H groups in total. The number of Topliss-reactive ketones (excluding diaryl/α,β-unsaturated/α-hetero) is 1. The zero-order valence-electron chi connectivity index (χ0n) is 18.9. The number of allylic oxidation sites excluding steroid dienone is 1. The lowest BCUT2D eigenvalue weighted by Gasteiger charge is -2.38. The van der Waals surface area contributed by atoms with Gasteiger partial charge in [0.05, 0.1) is 6.61 Å². The molecule has 0 unspecified atom stereocenters. The van der Waals surface area contributed by atoms with Crippen LogP contribution in [0, 0.1) is 0 Å². The molecule has 2 aliphatic heterocycles. The molecular weight excluding hydrogens is 408 g/mol. The third kappa shape index (κ3) is 4.14. The Hall–Kier alpha value is -3.13. The van der Waals surface area contributed by atoms with E-state index < -0.39 is 11.8 Å². The predicted molar refractivity (Wildman–Crippen MR) is 121 cm³/mol. The van der Waals surface area contributed by atoms with Crippen LogP contribution in [0.4, 0.5) is 0 Å². The van der Waals surface area contributed by atoms with E-state index >= 15 is 0 Å². The summed E-state index contributed by atoms with van der Waals surface area (Å²) in [6.07, 6.45) is 7.04. The van der Waals surface area contributed by atoms with E-state index in [0.717, 1.165) is 55.6 Å². The number of ketones is 1. The molecule has 1 saturated heterocycles. The van der Waals surface area contributed by atoms with Crippen LogP contribution >= 0.6 is 0 Å². The monoisotopic (exact) mass is 438 g/mol. The minimum absolute atomic E-state index is 0.0163.